The molecule has 3 N–H and O–H groups in total. The van der Waals surface area contributed by atoms with Crippen LogP contribution < -0.4 is 16.0 Å². The Morgan fingerprint density at radius 2 is 1.76 bits per heavy atom. The highest BCUT2D eigenvalue weighted by atomic mass is 35.5. The first-order valence-corrected chi connectivity index (χ1v) is 15.1. The maximum absolute atomic E-state index is 13.1. The zero-order valence-corrected chi connectivity index (χ0v) is 26.4. The Labute approximate surface area is 266 Å². The number of piperidine rings is 1. The third-order valence-corrected chi connectivity index (χ3v) is 8.09. The van der Waals surface area contributed by atoms with Gasteiger partial charge in [-0.1, -0.05) is 11.6 Å². The highest BCUT2D eigenvalue weighted by Crippen LogP contribution is 2.35. The molecule has 17 heteroatoms. The Balaban J connectivity index is 1.28. The summed E-state index contributed by atoms with van der Waals surface area (Å²) in [6, 6.07) is 1.55. The van der Waals surface area contributed by atoms with Crippen molar-refractivity contribution in [2.75, 3.05) is 30.3 Å². The lowest BCUT2D eigenvalue weighted by atomic mass is 9.97. The lowest BCUT2D eigenvalue weighted by Crippen LogP contribution is -2.42. The highest BCUT2D eigenvalue weighted by molar-refractivity contribution is 7.13. The van der Waals surface area contributed by atoms with Crippen LogP contribution in [0.1, 0.15) is 77.3 Å². The minimum absolute atomic E-state index is 0.0989. The molecule has 242 valence electrons. The zero-order valence-electron chi connectivity index (χ0n) is 24.9. The van der Waals surface area contributed by atoms with Crippen LogP contribution >= 0.6 is 22.9 Å². The molecule has 4 heterocycles. The van der Waals surface area contributed by atoms with Gasteiger partial charge in [0.1, 0.15) is 39.1 Å². The average Bonchev–Trinajstić information content (AvgIpc) is 3.47. The van der Waals surface area contributed by atoms with E-state index in [1.165, 1.54) is 18.6 Å². The van der Waals surface area contributed by atoms with Gasteiger partial charge < -0.3 is 25.6 Å². The van der Waals surface area contributed by atoms with Gasteiger partial charge in [-0.2, -0.15) is 13.2 Å². The molecule has 3 amide bonds. The molecule has 1 saturated heterocycles. The van der Waals surface area contributed by atoms with Gasteiger partial charge in [0.2, 0.25) is 0 Å². The van der Waals surface area contributed by atoms with Gasteiger partial charge in [-0.3, -0.25) is 9.59 Å². The van der Waals surface area contributed by atoms with Crippen LogP contribution in [0.5, 0.6) is 0 Å². The summed E-state index contributed by atoms with van der Waals surface area (Å²) in [6.07, 6.45) is -0.113. The fourth-order valence-corrected chi connectivity index (χ4v) is 5.33. The number of ether oxygens (including phenoxy) is 1. The van der Waals surface area contributed by atoms with Crippen molar-refractivity contribution in [2.24, 2.45) is 5.92 Å². The van der Waals surface area contributed by atoms with E-state index in [1.54, 1.807) is 11.8 Å². The summed E-state index contributed by atoms with van der Waals surface area (Å²) in [5, 5.41) is 8.10. The summed E-state index contributed by atoms with van der Waals surface area (Å²) in [5.74, 6) is -0.774. The predicted octanol–water partition coefficient (Wildman–Crippen LogP) is 5.80. The first-order valence-electron chi connectivity index (χ1n) is 13.9. The fraction of sp³-hybridized carbons (Fsp3) is 0.464. The number of carbonyl (C=O) groups is 3. The second kappa shape index (κ2) is 13.9. The van der Waals surface area contributed by atoms with Gasteiger partial charge in [0.25, 0.3) is 11.8 Å². The molecule has 1 aliphatic heterocycles. The second-order valence-corrected chi connectivity index (χ2v) is 12.8. The SMILES string of the molecule is CC(NC(=O)c1cc(NCC2CCN(C(=O)OC(C)(C)C)CC2)ncn1)c1ncc(C(=O)Nc2cc(C(F)(F)F)c(Cl)cn2)s1. The molecule has 3 aromatic heterocycles. The van der Waals surface area contributed by atoms with Gasteiger partial charge in [-0.25, -0.2) is 24.7 Å². The van der Waals surface area contributed by atoms with E-state index in [9.17, 15) is 27.6 Å². The molecule has 0 aromatic carbocycles. The number of hydrogen-bond donors (Lipinski definition) is 3. The monoisotopic (exact) mass is 668 g/mol. The van der Waals surface area contributed by atoms with Gasteiger partial charge in [0, 0.05) is 31.9 Å². The number of amides is 3. The van der Waals surface area contributed by atoms with E-state index in [2.05, 4.69) is 35.9 Å². The number of rotatable bonds is 8. The van der Waals surface area contributed by atoms with E-state index in [4.69, 9.17) is 16.3 Å². The van der Waals surface area contributed by atoms with Crippen molar-refractivity contribution in [3.8, 4) is 0 Å². The zero-order chi connectivity index (χ0) is 32.9. The van der Waals surface area contributed by atoms with Crippen molar-refractivity contribution in [3.05, 3.63) is 57.0 Å². The van der Waals surface area contributed by atoms with Crippen LogP contribution in [-0.2, 0) is 10.9 Å². The first kappa shape index (κ1) is 33.8. The topological polar surface area (TPSA) is 151 Å². The summed E-state index contributed by atoms with van der Waals surface area (Å²) < 4.78 is 44.8. The normalized spacial score (nSPS) is 14.9. The molecule has 4 rings (SSSR count). The third-order valence-electron chi connectivity index (χ3n) is 6.61. The van der Waals surface area contributed by atoms with E-state index >= 15 is 0 Å². The van der Waals surface area contributed by atoms with Crippen molar-refractivity contribution >= 4 is 52.5 Å². The van der Waals surface area contributed by atoms with Crippen molar-refractivity contribution in [3.63, 3.8) is 0 Å². The molecule has 0 radical (unpaired) electrons. The molecular weight excluding hydrogens is 637 g/mol. The Bertz CT molecular complexity index is 1540. The highest BCUT2D eigenvalue weighted by Gasteiger charge is 2.34. The number of halogens is 4. The van der Waals surface area contributed by atoms with Crippen LogP contribution in [-0.4, -0.2) is 68.0 Å². The van der Waals surface area contributed by atoms with Crippen LogP contribution in [0.25, 0.3) is 0 Å². The first-order chi connectivity index (χ1) is 21.1. The number of aromatic nitrogens is 4. The minimum Gasteiger partial charge on any atom is -0.444 e. The van der Waals surface area contributed by atoms with Crippen LogP contribution in [0.3, 0.4) is 0 Å². The molecule has 0 spiro atoms. The standard InChI is InChI=1S/C28H32ClF3N8O4S/c1-15(25-35-13-20(45-25)24(42)39-22-9-17(28(30,31)32)18(29)12-34-22)38-23(41)19-10-21(37-14-36-19)33-11-16-5-7-40(8-6-16)26(43)44-27(2,3)4/h9-10,12-16H,5-8,11H2,1-4H3,(H,38,41)(H,33,36,37)(H,34,39,42). The van der Waals surface area contributed by atoms with Crippen LogP contribution in [0.2, 0.25) is 5.02 Å². The summed E-state index contributed by atoms with van der Waals surface area (Å²) in [6.45, 7) is 8.95. The maximum atomic E-state index is 13.1. The van der Waals surface area contributed by atoms with E-state index in [1.807, 2.05) is 20.8 Å². The van der Waals surface area contributed by atoms with Crippen molar-refractivity contribution in [2.45, 2.75) is 58.4 Å². The van der Waals surface area contributed by atoms with Crippen LogP contribution in [0.4, 0.5) is 29.6 Å². The molecule has 3 aromatic rings. The smallest absolute Gasteiger partial charge is 0.418 e. The Kier molecular flexibility index (Phi) is 10.5. The molecule has 1 fully saturated rings. The average molecular weight is 669 g/mol. The number of carbonyl (C=O) groups excluding carboxylic acids is 3. The number of likely N-dealkylation sites (tertiary alicyclic amines) is 1. The van der Waals surface area contributed by atoms with E-state index in [-0.39, 0.29) is 22.5 Å². The van der Waals surface area contributed by atoms with Crippen molar-refractivity contribution in [1.29, 1.82) is 0 Å². The maximum Gasteiger partial charge on any atom is 0.418 e. The number of nitrogens with one attached hydrogen (secondary N) is 3. The summed E-state index contributed by atoms with van der Waals surface area (Å²) in [4.78, 5) is 55.8. The van der Waals surface area contributed by atoms with Crippen LogP contribution in [0, 0.1) is 5.92 Å². The van der Waals surface area contributed by atoms with Gasteiger partial charge in [0.15, 0.2) is 0 Å². The number of hydrogen-bond acceptors (Lipinski definition) is 10. The molecule has 1 atom stereocenters. The van der Waals surface area contributed by atoms with Gasteiger partial charge in [-0.15, -0.1) is 11.3 Å². The second-order valence-electron chi connectivity index (χ2n) is 11.3. The predicted molar refractivity (Wildman–Crippen MR) is 161 cm³/mol. The van der Waals surface area contributed by atoms with E-state index in [0.29, 0.717) is 42.4 Å². The van der Waals surface area contributed by atoms with E-state index < -0.39 is 40.2 Å². The number of anilines is 2. The molecule has 0 saturated carbocycles. The molecule has 45 heavy (non-hydrogen) atoms. The quantitative estimate of drug-likeness (QED) is 0.270. The number of thiazole rings is 1. The van der Waals surface area contributed by atoms with Crippen molar-refractivity contribution < 1.29 is 32.3 Å². The molecule has 0 bridgehead atoms. The Morgan fingerprint density at radius 1 is 1.04 bits per heavy atom. The molecule has 1 aliphatic rings. The van der Waals surface area contributed by atoms with Gasteiger partial charge >= 0.3 is 12.3 Å². The third kappa shape index (κ3) is 9.47. The summed E-state index contributed by atoms with van der Waals surface area (Å²) in [5.41, 5.74) is -1.56. The van der Waals surface area contributed by atoms with E-state index in [0.717, 1.165) is 30.4 Å². The van der Waals surface area contributed by atoms with Crippen LogP contribution in [0.15, 0.2) is 30.9 Å². The lowest BCUT2D eigenvalue weighted by molar-refractivity contribution is -0.137. The Hall–Kier alpha value is -4.05. The largest absolute Gasteiger partial charge is 0.444 e. The number of pyridine rings is 1. The van der Waals surface area contributed by atoms with Crippen molar-refractivity contribution in [1.82, 2.24) is 30.2 Å². The number of alkyl halides is 3. The molecule has 1 unspecified atom stereocenters. The Morgan fingerprint density at radius 3 is 2.42 bits per heavy atom. The van der Waals surface area contributed by atoms with Gasteiger partial charge in [0.05, 0.1) is 22.8 Å². The summed E-state index contributed by atoms with van der Waals surface area (Å²) >= 11 is 6.54. The molecule has 0 aliphatic carbocycles. The molecule has 12 nitrogen and oxygen atoms in total. The van der Waals surface area contributed by atoms with Gasteiger partial charge in [-0.05, 0) is 52.5 Å². The number of nitrogens with zero attached hydrogens (tertiary/aromatic N) is 5. The molecular formula is C28H32ClF3N8O4S. The fourth-order valence-electron chi connectivity index (χ4n) is 4.30. The minimum atomic E-state index is -4.71. The summed E-state index contributed by atoms with van der Waals surface area (Å²) in [7, 11) is 0. The lowest BCUT2D eigenvalue weighted by Gasteiger charge is -2.33.